The van der Waals surface area contributed by atoms with Gasteiger partial charge in [-0.2, -0.15) is 0 Å². The number of nitrogens with one attached hydrogen (secondary N) is 1. The second kappa shape index (κ2) is 5.11. The molecule has 0 saturated carbocycles. The van der Waals surface area contributed by atoms with Gasteiger partial charge in [-0.15, -0.1) is 0 Å². The molecular formula is C18H17ClN2OS. The Kier molecular flexibility index (Phi) is 3.29. The van der Waals surface area contributed by atoms with Crippen molar-refractivity contribution in [3.05, 3.63) is 58.6 Å². The van der Waals surface area contributed by atoms with Crippen molar-refractivity contribution < 1.29 is 4.74 Å². The molecule has 1 saturated heterocycles. The lowest BCUT2D eigenvalue weighted by Crippen LogP contribution is -2.65. The summed E-state index contributed by atoms with van der Waals surface area (Å²) in [5.74, 6) is 0.750. The standard InChI is InChI=1S/C18H17ClN2OS/c1-11-6-8-12(9-7-11)21-17(23)20-15-10-18(21,2)22-16-13(15)4-3-5-14(16)19/h3-9,15H,10H2,1-2H3,(H,20,23)/t15-,18+/m1/s1. The summed E-state index contributed by atoms with van der Waals surface area (Å²) in [5, 5.41) is 4.75. The van der Waals surface area contributed by atoms with Crippen LogP contribution in [0.2, 0.25) is 5.02 Å². The van der Waals surface area contributed by atoms with Gasteiger partial charge in [0.05, 0.1) is 11.1 Å². The molecule has 2 bridgehead atoms. The number of hydrogen-bond acceptors (Lipinski definition) is 2. The van der Waals surface area contributed by atoms with Crippen LogP contribution in [-0.4, -0.2) is 10.8 Å². The van der Waals surface area contributed by atoms with E-state index in [-0.39, 0.29) is 6.04 Å². The number of rotatable bonds is 1. The SMILES string of the molecule is Cc1ccc(N2C(=S)N[C@@H]3C[C@]2(C)Oc2c(Cl)cccc23)cc1. The van der Waals surface area contributed by atoms with Crippen LogP contribution in [-0.2, 0) is 0 Å². The first-order valence-corrected chi connectivity index (χ1v) is 8.41. The van der Waals surface area contributed by atoms with Crippen molar-refractivity contribution in [2.24, 2.45) is 0 Å². The molecule has 2 aliphatic rings. The van der Waals surface area contributed by atoms with Crippen molar-refractivity contribution in [2.45, 2.75) is 32.0 Å². The van der Waals surface area contributed by atoms with E-state index in [0.29, 0.717) is 10.1 Å². The highest BCUT2D eigenvalue weighted by atomic mass is 35.5. The minimum atomic E-state index is -0.555. The average Bonchev–Trinajstić information content (AvgIpc) is 2.50. The second-order valence-corrected chi connectivity index (χ2v) is 7.11. The lowest BCUT2D eigenvalue weighted by atomic mass is 9.90. The number of benzene rings is 2. The highest BCUT2D eigenvalue weighted by Gasteiger charge is 2.48. The van der Waals surface area contributed by atoms with E-state index in [4.69, 9.17) is 28.6 Å². The van der Waals surface area contributed by atoms with Gasteiger partial charge < -0.3 is 10.1 Å². The molecule has 2 aromatic carbocycles. The minimum absolute atomic E-state index is 0.122. The Morgan fingerprint density at radius 1 is 1.26 bits per heavy atom. The minimum Gasteiger partial charge on any atom is -0.466 e. The maximum Gasteiger partial charge on any atom is 0.188 e. The Bertz CT molecular complexity index is 792. The molecule has 0 aromatic heterocycles. The summed E-state index contributed by atoms with van der Waals surface area (Å²) >= 11 is 12.0. The van der Waals surface area contributed by atoms with Crippen molar-refractivity contribution >= 4 is 34.6 Å². The van der Waals surface area contributed by atoms with Crippen molar-refractivity contribution in [3.8, 4) is 5.75 Å². The Balaban J connectivity index is 1.82. The van der Waals surface area contributed by atoms with Crippen molar-refractivity contribution in [2.75, 3.05) is 4.90 Å². The van der Waals surface area contributed by atoms with Gasteiger partial charge in [0.1, 0.15) is 5.75 Å². The molecular weight excluding hydrogens is 328 g/mol. The van der Waals surface area contributed by atoms with Gasteiger partial charge in [0, 0.05) is 17.7 Å². The van der Waals surface area contributed by atoms with Gasteiger partial charge in [-0.1, -0.05) is 41.4 Å². The van der Waals surface area contributed by atoms with Crippen molar-refractivity contribution in [3.63, 3.8) is 0 Å². The quantitative estimate of drug-likeness (QED) is 0.765. The number of aryl methyl sites for hydroxylation is 1. The fourth-order valence-corrected chi connectivity index (χ4v) is 4.10. The summed E-state index contributed by atoms with van der Waals surface area (Å²) in [6.07, 6.45) is 0.800. The van der Waals surface area contributed by atoms with E-state index >= 15 is 0 Å². The highest BCUT2D eigenvalue weighted by molar-refractivity contribution is 7.80. The average molecular weight is 345 g/mol. The van der Waals surface area contributed by atoms with E-state index in [1.165, 1.54) is 5.56 Å². The molecule has 2 atom stereocenters. The van der Waals surface area contributed by atoms with E-state index in [2.05, 4.69) is 43.4 Å². The molecule has 1 fully saturated rings. The summed E-state index contributed by atoms with van der Waals surface area (Å²) in [5.41, 5.74) is 2.75. The Labute approximate surface area is 146 Å². The van der Waals surface area contributed by atoms with Crippen LogP contribution in [0.3, 0.4) is 0 Å². The van der Waals surface area contributed by atoms with E-state index in [1.807, 2.05) is 23.1 Å². The predicted molar refractivity (Wildman–Crippen MR) is 97.2 cm³/mol. The zero-order chi connectivity index (χ0) is 16.2. The van der Waals surface area contributed by atoms with Crippen molar-refractivity contribution in [1.29, 1.82) is 0 Å². The van der Waals surface area contributed by atoms with Crippen LogP contribution in [0.25, 0.3) is 0 Å². The fraction of sp³-hybridized carbons (Fsp3) is 0.278. The van der Waals surface area contributed by atoms with Crippen LogP contribution in [0.4, 0.5) is 5.69 Å². The molecule has 1 N–H and O–H groups in total. The molecule has 0 unspecified atom stereocenters. The summed E-state index contributed by atoms with van der Waals surface area (Å²) in [4.78, 5) is 2.05. The largest absolute Gasteiger partial charge is 0.466 e. The number of para-hydroxylation sites is 1. The number of ether oxygens (including phenoxy) is 1. The highest BCUT2D eigenvalue weighted by Crippen LogP contribution is 2.47. The Morgan fingerprint density at radius 3 is 2.74 bits per heavy atom. The number of fused-ring (bicyclic) bond motifs is 4. The maximum absolute atomic E-state index is 6.36. The molecule has 2 heterocycles. The number of anilines is 1. The van der Waals surface area contributed by atoms with Gasteiger partial charge in [-0.25, -0.2) is 0 Å². The van der Waals surface area contributed by atoms with E-state index in [1.54, 1.807) is 0 Å². The lowest BCUT2D eigenvalue weighted by Gasteiger charge is -2.52. The number of thiocarbonyl (C=S) groups is 1. The molecule has 0 radical (unpaired) electrons. The van der Waals surface area contributed by atoms with Gasteiger partial charge in [0.25, 0.3) is 0 Å². The third-order valence-electron chi connectivity index (χ3n) is 4.54. The van der Waals surface area contributed by atoms with E-state index in [9.17, 15) is 0 Å². The maximum atomic E-state index is 6.36. The molecule has 2 aromatic rings. The smallest absolute Gasteiger partial charge is 0.188 e. The van der Waals surface area contributed by atoms with Gasteiger partial charge in [-0.05, 0) is 44.3 Å². The van der Waals surface area contributed by atoms with Crippen LogP contribution in [0.1, 0.15) is 30.5 Å². The molecule has 0 amide bonds. The second-order valence-electron chi connectivity index (χ2n) is 6.31. The third kappa shape index (κ3) is 2.28. The first-order valence-electron chi connectivity index (χ1n) is 7.63. The van der Waals surface area contributed by atoms with E-state index in [0.717, 1.165) is 23.4 Å². The third-order valence-corrected chi connectivity index (χ3v) is 5.14. The number of halogens is 1. The molecule has 2 aliphatic heterocycles. The summed E-state index contributed by atoms with van der Waals surface area (Å²) in [6.45, 7) is 4.14. The number of hydrogen-bond donors (Lipinski definition) is 1. The number of nitrogens with zero attached hydrogens (tertiary/aromatic N) is 1. The molecule has 3 nitrogen and oxygen atoms in total. The molecule has 23 heavy (non-hydrogen) atoms. The van der Waals surface area contributed by atoms with Gasteiger partial charge in [0.2, 0.25) is 0 Å². The van der Waals surface area contributed by atoms with Gasteiger partial charge >= 0.3 is 0 Å². The monoisotopic (exact) mass is 344 g/mol. The molecule has 118 valence electrons. The van der Waals surface area contributed by atoms with Crippen LogP contribution in [0.5, 0.6) is 5.75 Å². The summed E-state index contributed by atoms with van der Waals surface area (Å²) < 4.78 is 6.36. The predicted octanol–water partition coefficient (Wildman–Crippen LogP) is 4.58. The van der Waals surface area contributed by atoms with E-state index < -0.39 is 5.72 Å². The van der Waals surface area contributed by atoms with Crippen LogP contribution in [0, 0.1) is 6.92 Å². The summed E-state index contributed by atoms with van der Waals surface area (Å²) in [7, 11) is 0. The summed E-state index contributed by atoms with van der Waals surface area (Å²) in [6, 6.07) is 14.3. The molecule has 5 heteroatoms. The van der Waals surface area contributed by atoms with Gasteiger partial charge in [0.15, 0.2) is 10.8 Å². The normalized spacial score (nSPS) is 25.4. The molecule has 0 aliphatic carbocycles. The van der Waals surface area contributed by atoms with Crippen LogP contribution in [0.15, 0.2) is 42.5 Å². The first-order chi connectivity index (χ1) is 11.0. The first kappa shape index (κ1) is 14.8. The topological polar surface area (TPSA) is 24.5 Å². The van der Waals surface area contributed by atoms with Crippen LogP contribution >= 0.6 is 23.8 Å². The molecule has 4 rings (SSSR count). The molecule has 0 spiro atoms. The van der Waals surface area contributed by atoms with Crippen molar-refractivity contribution in [1.82, 2.24) is 5.32 Å². The zero-order valence-electron chi connectivity index (χ0n) is 13.0. The zero-order valence-corrected chi connectivity index (χ0v) is 14.5. The lowest BCUT2D eigenvalue weighted by molar-refractivity contribution is 0.0499. The fourth-order valence-electron chi connectivity index (χ4n) is 3.44. The van der Waals surface area contributed by atoms with Gasteiger partial charge in [-0.3, -0.25) is 4.90 Å². The Morgan fingerprint density at radius 2 is 2.00 bits per heavy atom. The van der Waals surface area contributed by atoms with Crippen LogP contribution < -0.4 is 15.0 Å². The Hall–Kier alpha value is -1.78.